The smallest absolute Gasteiger partial charge is 0.181 e. The number of nitrogens with two attached hydrogens (primary N) is 4. The molecule has 0 saturated heterocycles. The van der Waals surface area contributed by atoms with E-state index in [1.165, 1.54) is 0 Å². The highest BCUT2D eigenvalue weighted by Crippen LogP contribution is 2.27. The molecule has 106 valence electrons. The number of hydrogen-bond donors (Lipinski definition) is 4. The van der Waals surface area contributed by atoms with Crippen molar-refractivity contribution in [3.8, 4) is 0 Å². The number of aryl methyl sites for hydroxylation is 1. The van der Waals surface area contributed by atoms with Gasteiger partial charge < -0.3 is 22.9 Å². The lowest BCUT2D eigenvalue weighted by molar-refractivity contribution is 0.0957. The lowest BCUT2D eigenvalue weighted by atomic mass is 9.94. The number of hydrogen-bond acceptors (Lipinski definition) is 5. The fourth-order valence-corrected chi connectivity index (χ4v) is 2.06. The van der Waals surface area contributed by atoms with E-state index < -0.39 is 6.04 Å². The van der Waals surface area contributed by atoms with Gasteiger partial charge in [0.15, 0.2) is 5.78 Å². The van der Waals surface area contributed by atoms with Crippen LogP contribution in [-0.2, 0) is 0 Å². The average Bonchev–Trinajstić information content (AvgIpc) is 2.39. The minimum absolute atomic E-state index is 0.124. The molecule has 0 spiro atoms. The number of benzene rings is 1. The van der Waals surface area contributed by atoms with E-state index in [2.05, 4.69) is 0 Å². The van der Waals surface area contributed by atoms with E-state index in [9.17, 15) is 4.79 Å². The van der Waals surface area contributed by atoms with Crippen molar-refractivity contribution in [2.45, 2.75) is 39.2 Å². The molecular weight excluding hydrogens is 240 g/mol. The van der Waals surface area contributed by atoms with Crippen LogP contribution < -0.4 is 22.9 Å². The van der Waals surface area contributed by atoms with Gasteiger partial charge in [0.2, 0.25) is 0 Å². The van der Waals surface area contributed by atoms with E-state index in [0.717, 1.165) is 24.0 Å². The Hall–Kier alpha value is -1.59. The van der Waals surface area contributed by atoms with Crippen LogP contribution in [0.4, 0.5) is 11.4 Å². The molecule has 0 saturated carbocycles. The normalized spacial score (nSPS) is 12.4. The van der Waals surface area contributed by atoms with Crippen molar-refractivity contribution in [1.29, 1.82) is 0 Å². The number of anilines is 2. The Morgan fingerprint density at radius 2 is 1.84 bits per heavy atom. The highest BCUT2D eigenvalue weighted by Gasteiger charge is 2.20. The molecular formula is C14H24N4O. The van der Waals surface area contributed by atoms with Crippen molar-refractivity contribution in [2.24, 2.45) is 11.5 Å². The minimum Gasteiger partial charge on any atom is -0.398 e. The summed E-state index contributed by atoms with van der Waals surface area (Å²) in [5.41, 5.74) is 26.3. The van der Waals surface area contributed by atoms with Crippen LogP contribution in [0.5, 0.6) is 0 Å². The largest absolute Gasteiger partial charge is 0.398 e. The third-order valence-corrected chi connectivity index (χ3v) is 3.46. The van der Waals surface area contributed by atoms with Crippen molar-refractivity contribution in [3.05, 3.63) is 22.8 Å². The highest BCUT2D eigenvalue weighted by atomic mass is 16.1. The Balaban J connectivity index is 2.94. The van der Waals surface area contributed by atoms with Gasteiger partial charge in [-0.15, -0.1) is 0 Å². The molecule has 0 unspecified atom stereocenters. The maximum atomic E-state index is 12.3. The molecule has 1 aromatic carbocycles. The van der Waals surface area contributed by atoms with Gasteiger partial charge in [0.25, 0.3) is 0 Å². The zero-order chi connectivity index (χ0) is 14.6. The molecule has 5 heteroatoms. The highest BCUT2D eigenvalue weighted by molar-refractivity contribution is 6.05. The van der Waals surface area contributed by atoms with Crippen molar-refractivity contribution < 1.29 is 4.79 Å². The zero-order valence-corrected chi connectivity index (χ0v) is 11.7. The SMILES string of the molecule is Cc1cc(C(=O)[C@@H](N)CCCCN)c(N)c(C)c1N. The summed E-state index contributed by atoms with van der Waals surface area (Å²) >= 11 is 0. The number of carbonyl (C=O) groups is 1. The van der Waals surface area contributed by atoms with Gasteiger partial charge in [-0.05, 0) is 50.4 Å². The lowest BCUT2D eigenvalue weighted by Gasteiger charge is -2.16. The molecule has 5 nitrogen and oxygen atoms in total. The molecule has 0 aliphatic carbocycles. The molecule has 0 heterocycles. The van der Waals surface area contributed by atoms with E-state index in [1.807, 2.05) is 13.8 Å². The number of nitrogen functional groups attached to an aromatic ring is 2. The van der Waals surface area contributed by atoms with Crippen LogP contribution in [0.25, 0.3) is 0 Å². The molecule has 0 bridgehead atoms. The Morgan fingerprint density at radius 1 is 1.21 bits per heavy atom. The average molecular weight is 264 g/mol. The summed E-state index contributed by atoms with van der Waals surface area (Å²) in [7, 11) is 0. The third kappa shape index (κ3) is 3.45. The van der Waals surface area contributed by atoms with Crippen molar-refractivity contribution >= 4 is 17.2 Å². The van der Waals surface area contributed by atoms with E-state index in [0.29, 0.717) is 29.9 Å². The van der Waals surface area contributed by atoms with Crippen LogP contribution in [-0.4, -0.2) is 18.4 Å². The van der Waals surface area contributed by atoms with Crippen molar-refractivity contribution in [2.75, 3.05) is 18.0 Å². The van der Waals surface area contributed by atoms with E-state index in [4.69, 9.17) is 22.9 Å². The first-order valence-corrected chi connectivity index (χ1v) is 6.55. The summed E-state index contributed by atoms with van der Waals surface area (Å²) in [5, 5.41) is 0. The second-order valence-electron chi connectivity index (χ2n) is 4.95. The number of unbranched alkanes of at least 4 members (excludes halogenated alkanes) is 1. The fourth-order valence-electron chi connectivity index (χ4n) is 2.06. The van der Waals surface area contributed by atoms with Gasteiger partial charge in [-0.25, -0.2) is 0 Å². The molecule has 19 heavy (non-hydrogen) atoms. The summed E-state index contributed by atoms with van der Waals surface area (Å²) < 4.78 is 0. The standard InChI is InChI=1S/C14H24N4O/c1-8-7-10(13(18)9(2)12(8)17)14(19)11(16)5-3-4-6-15/h7,11H,3-6,15-18H2,1-2H3/t11-/m0/s1. The molecule has 1 aromatic rings. The summed E-state index contributed by atoms with van der Waals surface area (Å²) in [6.45, 7) is 4.29. The first kappa shape index (κ1) is 15.5. The summed E-state index contributed by atoms with van der Waals surface area (Å²) in [4.78, 5) is 12.3. The molecule has 1 atom stereocenters. The molecule has 0 amide bonds. The topological polar surface area (TPSA) is 121 Å². The molecule has 0 aliphatic heterocycles. The summed E-state index contributed by atoms with van der Waals surface area (Å²) in [5.74, 6) is -0.124. The Kier molecular flexibility index (Phi) is 5.32. The maximum absolute atomic E-state index is 12.3. The van der Waals surface area contributed by atoms with E-state index in [1.54, 1.807) is 6.07 Å². The molecule has 8 N–H and O–H groups in total. The molecule has 0 fully saturated rings. The van der Waals surface area contributed by atoms with E-state index in [-0.39, 0.29) is 5.78 Å². The first-order valence-electron chi connectivity index (χ1n) is 6.55. The first-order chi connectivity index (χ1) is 8.90. The molecule has 1 rings (SSSR count). The lowest BCUT2D eigenvalue weighted by Crippen LogP contribution is -2.31. The van der Waals surface area contributed by atoms with Gasteiger partial charge in [-0.2, -0.15) is 0 Å². The fraction of sp³-hybridized carbons (Fsp3) is 0.500. The molecule has 0 aliphatic rings. The number of carbonyl (C=O) groups excluding carboxylic acids is 1. The second kappa shape index (κ2) is 6.54. The maximum Gasteiger partial charge on any atom is 0.181 e. The van der Waals surface area contributed by atoms with Crippen LogP contribution in [0.2, 0.25) is 0 Å². The quantitative estimate of drug-likeness (QED) is 0.348. The Labute approximate surface area is 114 Å². The molecule has 0 aromatic heterocycles. The predicted molar refractivity (Wildman–Crippen MR) is 80.0 cm³/mol. The van der Waals surface area contributed by atoms with Crippen LogP contribution in [0.1, 0.15) is 40.7 Å². The summed E-state index contributed by atoms with van der Waals surface area (Å²) in [6, 6.07) is 1.19. The van der Waals surface area contributed by atoms with E-state index >= 15 is 0 Å². The van der Waals surface area contributed by atoms with Crippen molar-refractivity contribution in [3.63, 3.8) is 0 Å². The van der Waals surface area contributed by atoms with Crippen LogP contribution >= 0.6 is 0 Å². The third-order valence-electron chi connectivity index (χ3n) is 3.46. The Bertz CT molecular complexity index is 471. The van der Waals surface area contributed by atoms with Gasteiger partial charge in [0.05, 0.1) is 6.04 Å². The van der Waals surface area contributed by atoms with Crippen LogP contribution in [0.3, 0.4) is 0 Å². The predicted octanol–water partition coefficient (Wildman–Crippen LogP) is 1.11. The minimum atomic E-state index is -0.531. The van der Waals surface area contributed by atoms with Gasteiger partial charge in [0, 0.05) is 16.9 Å². The number of ketones is 1. The number of rotatable bonds is 6. The van der Waals surface area contributed by atoms with Gasteiger partial charge >= 0.3 is 0 Å². The van der Waals surface area contributed by atoms with Crippen LogP contribution in [0, 0.1) is 13.8 Å². The number of Topliss-reactive ketones (excluding diaryl/α,β-unsaturated/α-hetero) is 1. The van der Waals surface area contributed by atoms with Gasteiger partial charge in [0.1, 0.15) is 0 Å². The zero-order valence-electron chi connectivity index (χ0n) is 11.7. The van der Waals surface area contributed by atoms with Crippen molar-refractivity contribution in [1.82, 2.24) is 0 Å². The monoisotopic (exact) mass is 264 g/mol. The summed E-state index contributed by atoms with van der Waals surface area (Å²) in [6.07, 6.45) is 2.34. The second-order valence-corrected chi connectivity index (χ2v) is 4.95. The molecule has 0 radical (unpaired) electrons. The van der Waals surface area contributed by atoms with Gasteiger partial charge in [-0.1, -0.05) is 6.42 Å². The Morgan fingerprint density at radius 3 is 2.42 bits per heavy atom. The van der Waals surface area contributed by atoms with Gasteiger partial charge in [-0.3, -0.25) is 4.79 Å². The van der Waals surface area contributed by atoms with Crippen LogP contribution in [0.15, 0.2) is 6.07 Å².